The second kappa shape index (κ2) is 22.6. The summed E-state index contributed by atoms with van der Waals surface area (Å²) in [5.74, 6) is 0.879. The standard InChI is InChI=1S/C68H61N7O10/c1-82-47-20-14-44(15-21-47)68(43-9-5-3-6-10-43,45-16-22-48(83-2)23-17-45)85-37-8-4-7-11-64(76)72-34-30-49-52-39-58(69-55(52)24-27-61(49)72)65(77)73-35-31-50-53-40-59(70-56(53)25-28-62(50)73)66(78)74-36-32-51-54-41-60(71-57(54)26-29-63(51)74)67(79)84-38-33-42-12-18-46(19-13-42)75(80)81/h3,5-6,9-10,12-32,34-36,58-60,69-71H,4,7-8,11,33,37-41H2,1-2H3. The Labute approximate surface area is 489 Å². The number of unbranched alkanes of at least 4 members (excludes halogenated alkanes) is 2. The maximum absolute atomic E-state index is 14.5. The molecule has 0 aliphatic carbocycles. The maximum Gasteiger partial charge on any atom is 0.328 e. The molecule has 0 saturated carbocycles. The first-order valence-electron chi connectivity index (χ1n) is 28.7. The number of nitrogens with zero attached hydrogens (tertiary/aromatic N) is 4. The van der Waals surface area contributed by atoms with Crippen molar-refractivity contribution in [2.45, 2.75) is 75.1 Å². The Morgan fingerprint density at radius 1 is 0.529 bits per heavy atom. The molecule has 17 nitrogen and oxygen atoms in total. The van der Waals surface area contributed by atoms with Gasteiger partial charge in [0, 0.05) is 103 Å². The number of aromatic nitrogens is 3. The molecule has 0 amide bonds. The highest BCUT2D eigenvalue weighted by Crippen LogP contribution is 2.43. The van der Waals surface area contributed by atoms with Crippen molar-refractivity contribution < 1.29 is 43.0 Å². The van der Waals surface area contributed by atoms with Gasteiger partial charge in [-0.15, -0.1) is 0 Å². The van der Waals surface area contributed by atoms with Crippen LogP contribution in [-0.4, -0.2) is 87.9 Å². The lowest BCUT2D eigenvalue weighted by Crippen LogP contribution is -2.33. The molecule has 85 heavy (non-hydrogen) atoms. The Hall–Kier alpha value is -10.0. The number of carbonyl (C=O) groups excluding carboxylic acids is 4. The first-order valence-corrected chi connectivity index (χ1v) is 28.7. The molecule has 3 atom stereocenters. The monoisotopic (exact) mass is 1140 g/mol. The third kappa shape index (κ3) is 9.99. The van der Waals surface area contributed by atoms with Crippen LogP contribution in [0.5, 0.6) is 11.5 Å². The summed E-state index contributed by atoms with van der Waals surface area (Å²) in [6.07, 6.45) is 9.67. The van der Waals surface area contributed by atoms with Gasteiger partial charge < -0.3 is 34.9 Å². The summed E-state index contributed by atoms with van der Waals surface area (Å²) in [5.41, 5.74) is 10.5. The van der Waals surface area contributed by atoms with Gasteiger partial charge in [0.15, 0.2) is 0 Å². The number of benzene rings is 7. The van der Waals surface area contributed by atoms with E-state index < -0.39 is 34.6 Å². The molecule has 3 aliphatic rings. The average molecular weight is 1140 g/mol. The van der Waals surface area contributed by atoms with Gasteiger partial charge in [-0.25, -0.2) is 4.79 Å². The smallest absolute Gasteiger partial charge is 0.328 e. The van der Waals surface area contributed by atoms with E-state index in [1.807, 2.05) is 134 Å². The number of carbonyl (C=O) groups is 4. The molecular formula is C68H61N7O10. The number of esters is 1. The van der Waals surface area contributed by atoms with E-state index in [-0.39, 0.29) is 30.0 Å². The summed E-state index contributed by atoms with van der Waals surface area (Å²) in [7, 11) is 3.31. The largest absolute Gasteiger partial charge is 0.497 e. The van der Waals surface area contributed by atoms with Crippen LogP contribution in [0.2, 0.25) is 0 Å². The molecule has 3 N–H and O–H groups in total. The Bertz CT molecular complexity index is 4180. The van der Waals surface area contributed by atoms with Crippen molar-refractivity contribution in [3.05, 3.63) is 225 Å². The molecule has 0 saturated heterocycles. The number of non-ortho nitro benzene ring substituents is 1. The summed E-state index contributed by atoms with van der Waals surface area (Å²) in [5, 5.41) is 23.9. The number of fused-ring (bicyclic) bond motifs is 9. The van der Waals surface area contributed by atoms with Gasteiger partial charge in [-0.05, 0) is 131 Å². The zero-order chi connectivity index (χ0) is 58.3. The van der Waals surface area contributed by atoms with E-state index in [0.717, 1.165) is 113 Å². The summed E-state index contributed by atoms with van der Waals surface area (Å²) in [6, 6.07) is 48.0. The van der Waals surface area contributed by atoms with Gasteiger partial charge in [-0.2, -0.15) is 0 Å². The van der Waals surface area contributed by atoms with Crippen molar-refractivity contribution in [1.82, 2.24) is 13.7 Å². The van der Waals surface area contributed by atoms with E-state index in [4.69, 9.17) is 18.9 Å². The second-order valence-electron chi connectivity index (χ2n) is 21.9. The number of nitrogens with one attached hydrogen (secondary N) is 3. The van der Waals surface area contributed by atoms with Crippen molar-refractivity contribution in [2.75, 3.05) is 43.4 Å². The number of hydrogen-bond acceptors (Lipinski definition) is 13. The van der Waals surface area contributed by atoms with Gasteiger partial charge in [0.2, 0.25) is 5.91 Å². The SMILES string of the molecule is COc1ccc(C(OCCCCCC(=O)n2ccc3c4c(ccc32)NC(C(=O)n2ccc3c5c(ccc32)NC(C(=O)n2ccc3c6c(ccc32)NC(C(=O)OCCc2ccc([N+](=O)[O-])cc2)C6)C5)C4)(c2ccccc2)c2ccc(OC)cc2)cc1. The fourth-order valence-corrected chi connectivity index (χ4v) is 12.7. The maximum atomic E-state index is 14.5. The van der Waals surface area contributed by atoms with Gasteiger partial charge >= 0.3 is 5.97 Å². The summed E-state index contributed by atoms with van der Waals surface area (Å²) in [6.45, 7) is 0.582. The van der Waals surface area contributed by atoms with Crippen LogP contribution in [-0.2, 0) is 45.6 Å². The van der Waals surface area contributed by atoms with Crippen LogP contribution >= 0.6 is 0 Å². The predicted molar refractivity (Wildman–Crippen MR) is 326 cm³/mol. The average Bonchev–Trinajstić information content (AvgIpc) is 3.58. The number of nitro groups is 1. The number of hydrogen-bond donors (Lipinski definition) is 3. The molecule has 10 aromatic rings. The minimum Gasteiger partial charge on any atom is -0.497 e. The third-order valence-electron chi connectivity index (χ3n) is 17.1. The lowest BCUT2D eigenvalue weighted by atomic mass is 9.80. The van der Waals surface area contributed by atoms with Gasteiger partial charge in [-0.1, -0.05) is 73.2 Å². The highest BCUT2D eigenvalue weighted by molar-refractivity contribution is 6.05. The molecule has 13 rings (SSSR count). The Kier molecular flexibility index (Phi) is 14.4. The van der Waals surface area contributed by atoms with Gasteiger partial charge in [0.05, 0.1) is 42.3 Å². The zero-order valence-electron chi connectivity index (χ0n) is 46.9. The van der Waals surface area contributed by atoms with Crippen LogP contribution in [0.25, 0.3) is 32.7 Å². The van der Waals surface area contributed by atoms with E-state index in [2.05, 4.69) is 28.1 Å². The van der Waals surface area contributed by atoms with Gasteiger partial charge in [-0.3, -0.25) is 38.2 Å². The predicted octanol–water partition coefficient (Wildman–Crippen LogP) is 12.2. The van der Waals surface area contributed by atoms with E-state index in [9.17, 15) is 29.3 Å². The fourth-order valence-electron chi connectivity index (χ4n) is 12.7. The minimum atomic E-state index is -0.913. The summed E-state index contributed by atoms with van der Waals surface area (Å²) < 4.78 is 28.7. The number of methoxy groups -OCH3 is 2. The number of rotatable bonds is 19. The molecule has 0 fully saturated rings. The fraction of sp³-hybridized carbons (Fsp3) is 0.235. The van der Waals surface area contributed by atoms with Crippen molar-refractivity contribution >= 4 is 79.1 Å². The Morgan fingerprint density at radius 2 is 1.00 bits per heavy atom. The van der Waals surface area contributed by atoms with Crippen LogP contribution in [0.4, 0.5) is 22.7 Å². The Morgan fingerprint density at radius 3 is 1.51 bits per heavy atom. The van der Waals surface area contributed by atoms with Crippen LogP contribution in [0.3, 0.4) is 0 Å². The van der Waals surface area contributed by atoms with Crippen molar-refractivity contribution in [1.29, 1.82) is 0 Å². The lowest BCUT2D eigenvalue weighted by Gasteiger charge is -2.36. The first kappa shape index (κ1) is 54.3. The molecule has 17 heteroatoms. The highest BCUT2D eigenvalue weighted by atomic mass is 16.6. The topological polar surface area (TPSA) is 199 Å². The van der Waals surface area contributed by atoms with E-state index >= 15 is 0 Å². The normalized spacial score (nSPS) is 15.9. The highest BCUT2D eigenvalue weighted by Gasteiger charge is 2.39. The van der Waals surface area contributed by atoms with E-state index in [0.29, 0.717) is 45.1 Å². The quantitative estimate of drug-likeness (QED) is 0.0227. The van der Waals surface area contributed by atoms with Crippen LogP contribution in [0.15, 0.2) is 176 Å². The van der Waals surface area contributed by atoms with Crippen LogP contribution in [0, 0.1) is 10.1 Å². The number of ether oxygens (including phenoxy) is 4. The molecule has 0 radical (unpaired) electrons. The van der Waals surface area contributed by atoms with Crippen molar-refractivity contribution in [3.8, 4) is 11.5 Å². The molecule has 7 aromatic carbocycles. The first-order chi connectivity index (χ1) is 41.5. The van der Waals surface area contributed by atoms with E-state index in [1.54, 1.807) is 46.3 Å². The molecule has 3 aliphatic heterocycles. The molecule has 0 bridgehead atoms. The van der Waals surface area contributed by atoms with E-state index in [1.165, 1.54) is 12.1 Å². The second-order valence-corrected chi connectivity index (χ2v) is 21.9. The van der Waals surface area contributed by atoms with Crippen LogP contribution < -0.4 is 25.4 Å². The zero-order valence-corrected chi connectivity index (χ0v) is 46.9. The molecule has 6 heterocycles. The molecule has 428 valence electrons. The molecular weight excluding hydrogens is 1070 g/mol. The summed E-state index contributed by atoms with van der Waals surface area (Å²) >= 11 is 0. The summed E-state index contributed by atoms with van der Waals surface area (Å²) in [4.78, 5) is 66.4. The molecule has 0 spiro atoms. The lowest BCUT2D eigenvalue weighted by molar-refractivity contribution is -0.384. The molecule has 3 unspecified atom stereocenters. The van der Waals surface area contributed by atoms with Crippen molar-refractivity contribution in [3.63, 3.8) is 0 Å². The van der Waals surface area contributed by atoms with Crippen molar-refractivity contribution in [2.24, 2.45) is 0 Å². The number of anilines is 3. The van der Waals surface area contributed by atoms with Gasteiger partial charge in [0.1, 0.15) is 35.2 Å². The van der Waals surface area contributed by atoms with Crippen LogP contribution in [0.1, 0.15) is 79.0 Å². The minimum absolute atomic E-state index is 0.00268. The number of nitro benzene ring substituents is 1. The molecule has 3 aromatic heterocycles. The van der Waals surface area contributed by atoms with Gasteiger partial charge in [0.25, 0.3) is 17.5 Å². The third-order valence-corrected chi connectivity index (χ3v) is 17.1. The Balaban J connectivity index is 0.626.